The van der Waals surface area contributed by atoms with Gasteiger partial charge in [0.15, 0.2) is 0 Å². The van der Waals surface area contributed by atoms with Crippen LogP contribution in [0.3, 0.4) is 0 Å². The maximum Gasteiger partial charge on any atom is 0.271 e. The first kappa shape index (κ1) is 17.8. The molecule has 0 saturated carbocycles. The molecule has 2 aliphatic rings. The summed E-state index contributed by atoms with van der Waals surface area (Å²) in [7, 11) is 1.53. The molecule has 4 rings (SSSR count). The standard InChI is InChI=1S/C19H15Cl2N3O3/c1-23-17(26)12-4-2-3-5-15(12)24-16(25)8-9-19(23,24)18(27)22-14-7-6-11(20)10-13(14)21/h2-7,10H,8-9H2,1H3,(H,22,27). The van der Waals surface area contributed by atoms with Crippen LogP contribution in [0.5, 0.6) is 0 Å². The van der Waals surface area contributed by atoms with Gasteiger partial charge in [-0.3, -0.25) is 19.3 Å². The molecule has 0 aliphatic carbocycles. The van der Waals surface area contributed by atoms with E-state index < -0.39 is 11.6 Å². The van der Waals surface area contributed by atoms with Gasteiger partial charge >= 0.3 is 0 Å². The zero-order chi connectivity index (χ0) is 19.3. The largest absolute Gasteiger partial charge is 0.321 e. The van der Waals surface area contributed by atoms with Crippen molar-refractivity contribution in [3.63, 3.8) is 0 Å². The molecule has 0 bridgehead atoms. The number of nitrogens with one attached hydrogen (secondary N) is 1. The van der Waals surface area contributed by atoms with E-state index in [1.807, 2.05) is 0 Å². The van der Waals surface area contributed by atoms with E-state index in [2.05, 4.69) is 5.32 Å². The quantitative estimate of drug-likeness (QED) is 0.833. The zero-order valence-corrected chi connectivity index (χ0v) is 15.8. The van der Waals surface area contributed by atoms with E-state index in [9.17, 15) is 14.4 Å². The Bertz CT molecular complexity index is 994. The van der Waals surface area contributed by atoms with Gasteiger partial charge in [-0.15, -0.1) is 0 Å². The second-order valence-electron chi connectivity index (χ2n) is 6.51. The highest BCUT2D eigenvalue weighted by Crippen LogP contribution is 2.44. The Morgan fingerprint density at radius 2 is 1.89 bits per heavy atom. The molecule has 2 aliphatic heterocycles. The molecule has 1 unspecified atom stereocenters. The predicted molar refractivity (Wildman–Crippen MR) is 103 cm³/mol. The van der Waals surface area contributed by atoms with Crippen LogP contribution in [0.15, 0.2) is 42.5 Å². The molecule has 2 aromatic rings. The van der Waals surface area contributed by atoms with Crippen LogP contribution in [-0.2, 0) is 9.59 Å². The van der Waals surface area contributed by atoms with Crippen molar-refractivity contribution >= 4 is 52.3 Å². The number of rotatable bonds is 2. The summed E-state index contributed by atoms with van der Waals surface area (Å²) in [5.41, 5.74) is -0.242. The normalized spacial score (nSPS) is 21.1. The van der Waals surface area contributed by atoms with Crippen LogP contribution < -0.4 is 10.2 Å². The SMILES string of the molecule is CN1C(=O)c2ccccc2N2C(=O)CCC12C(=O)Nc1ccc(Cl)cc1Cl. The minimum absolute atomic E-state index is 0.160. The third-order valence-electron chi connectivity index (χ3n) is 5.08. The number of nitrogens with zero attached hydrogens (tertiary/aromatic N) is 2. The minimum atomic E-state index is -1.44. The molecular formula is C19H15Cl2N3O3. The van der Waals surface area contributed by atoms with E-state index in [1.165, 1.54) is 22.9 Å². The molecule has 8 heteroatoms. The summed E-state index contributed by atoms with van der Waals surface area (Å²) < 4.78 is 0. The number of carbonyl (C=O) groups is 3. The third kappa shape index (κ3) is 2.51. The lowest BCUT2D eigenvalue weighted by Gasteiger charge is -2.47. The van der Waals surface area contributed by atoms with Gasteiger partial charge < -0.3 is 10.2 Å². The molecule has 1 atom stereocenters. The van der Waals surface area contributed by atoms with Gasteiger partial charge in [0.1, 0.15) is 0 Å². The molecule has 27 heavy (non-hydrogen) atoms. The van der Waals surface area contributed by atoms with Crippen molar-refractivity contribution < 1.29 is 14.4 Å². The Morgan fingerprint density at radius 3 is 2.63 bits per heavy atom. The summed E-state index contributed by atoms with van der Waals surface area (Å²) in [4.78, 5) is 41.6. The van der Waals surface area contributed by atoms with Gasteiger partial charge in [0, 0.05) is 24.9 Å². The first-order chi connectivity index (χ1) is 12.9. The van der Waals surface area contributed by atoms with Crippen LogP contribution in [0.2, 0.25) is 10.0 Å². The molecule has 0 spiro atoms. The first-order valence-corrected chi connectivity index (χ1v) is 9.08. The van der Waals surface area contributed by atoms with Crippen LogP contribution in [0, 0.1) is 0 Å². The summed E-state index contributed by atoms with van der Waals surface area (Å²) in [5.74, 6) is -1.02. The topological polar surface area (TPSA) is 69.7 Å². The van der Waals surface area contributed by atoms with Gasteiger partial charge in [0.05, 0.1) is 22.0 Å². The Balaban J connectivity index is 1.81. The Morgan fingerprint density at radius 1 is 1.15 bits per heavy atom. The lowest BCUT2D eigenvalue weighted by molar-refractivity contribution is -0.128. The van der Waals surface area contributed by atoms with Crippen molar-refractivity contribution in [1.29, 1.82) is 0 Å². The van der Waals surface area contributed by atoms with Crippen molar-refractivity contribution in [3.8, 4) is 0 Å². The number of benzene rings is 2. The van der Waals surface area contributed by atoms with Gasteiger partial charge in [0.2, 0.25) is 11.6 Å². The number of para-hydroxylation sites is 1. The molecule has 6 nitrogen and oxygen atoms in total. The van der Waals surface area contributed by atoms with Gasteiger partial charge in [-0.2, -0.15) is 0 Å². The van der Waals surface area contributed by atoms with E-state index in [0.29, 0.717) is 22.0 Å². The molecule has 3 amide bonds. The lowest BCUT2D eigenvalue weighted by Crippen LogP contribution is -2.68. The molecule has 2 aromatic carbocycles. The van der Waals surface area contributed by atoms with Gasteiger partial charge in [0.25, 0.3) is 11.8 Å². The Hall–Kier alpha value is -2.57. The van der Waals surface area contributed by atoms with Crippen molar-refractivity contribution in [2.45, 2.75) is 18.5 Å². The number of amides is 3. The number of anilines is 2. The van der Waals surface area contributed by atoms with Gasteiger partial charge in [-0.25, -0.2) is 0 Å². The van der Waals surface area contributed by atoms with Crippen molar-refractivity contribution in [2.24, 2.45) is 0 Å². The Labute approximate surface area is 165 Å². The second-order valence-corrected chi connectivity index (χ2v) is 7.35. The van der Waals surface area contributed by atoms with Crippen molar-refractivity contribution in [3.05, 3.63) is 58.1 Å². The molecule has 1 saturated heterocycles. The predicted octanol–water partition coefficient (Wildman–Crippen LogP) is 3.54. The number of hydrogen-bond acceptors (Lipinski definition) is 3. The van der Waals surface area contributed by atoms with Crippen molar-refractivity contribution in [2.75, 3.05) is 17.3 Å². The number of fused-ring (bicyclic) bond motifs is 3. The van der Waals surface area contributed by atoms with Crippen LogP contribution in [0.4, 0.5) is 11.4 Å². The number of carbonyl (C=O) groups excluding carboxylic acids is 3. The van der Waals surface area contributed by atoms with Gasteiger partial charge in [-0.1, -0.05) is 35.3 Å². The molecule has 138 valence electrons. The highest BCUT2D eigenvalue weighted by atomic mass is 35.5. The zero-order valence-electron chi connectivity index (χ0n) is 14.3. The summed E-state index contributed by atoms with van der Waals surface area (Å²) in [5, 5.41) is 3.46. The minimum Gasteiger partial charge on any atom is -0.321 e. The highest BCUT2D eigenvalue weighted by molar-refractivity contribution is 6.37. The monoisotopic (exact) mass is 403 g/mol. The van der Waals surface area contributed by atoms with E-state index in [0.717, 1.165) is 0 Å². The summed E-state index contributed by atoms with van der Waals surface area (Å²) >= 11 is 12.1. The summed E-state index contributed by atoms with van der Waals surface area (Å²) in [6.45, 7) is 0. The highest BCUT2D eigenvalue weighted by Gasteiger charge is 2.59. The average molecular weight is 404 g/mol. The van der Waals surface area contributed by atoms with Crippen LogP contribution in [0.1, 0.15) is 23.2 Å². The third-order valence-corrected chi connectivity index (χ3v) is 5.63. The second kappa shape index (κ2) is 6.25. The van der Waals surface area contributed by atoms with E-state index in [1.54, 1.807) is 36.4 Å². The molecule has 0 aromatic heterocycles. The summed E-state index contributed by atoms with van der Waals surface area (Å²) in [6, 6.07) is 11.5. The smallest absolute Gasteiger partial charge is 0.271 e. The first-order valence-electron chi connectivity index (χ1n) is 8.33. The fourth-order valence-corrected chi connectivity index (χ4v) is 4.20. The van der Waals surface area contributed by atoms with Crippen LogP contribution in [-0.4, -0.2) is 35.3 Å². The molecular weight excluding hydrogens is 389 g/mol. The summed E-state index contributed by atoms with van der Waals surface area (Å²) in [6.07, 6.45) is 0.354. The van der Waals surface area contributed by atoms with Crippen LogP contribution >= 0.6 is 23.2 Å². The van der Waals surface area contributed by atoms with E-state index >= 15 is 0 Å². The maximum atomic E-state index is 13.3. The van der Waals surface area contributed by atoms with Crippen LogP contribution in [0.25, 0.3) is 0 Å². The van der Waals surface area contributed by atoms with Crippen molar-refractivity contribution in [1.82, 2.24) is 4.90 Å². The molecule has 1 N–H and O–H groups in total. The van der Waals surface area contributed by atoms with Gasteiger partial charge in [-0.05, 0) is 30.3 Å². The fourth-order valence-electron chi connectivity index (χ4n) is 3.74. The molecule has 2 heterocycles. The number of halogens is 2. The van der Waals surface area contributed by atoms with E-state index in [4.69, 9.17) is 23.2 Å². The van der Waals surface area contributed by atoms with E-state index in [-0.39, 0.29) is 29.7 Å². The lowest BCUT2D eigenvalue weighted by atomic mass is 9.96. The average Bonchev–Trinajstić information content (AvgIpc) is 3.01. The maximum absolute atomic E-state index is 13.3. The Kier molecular flexibility index (Phi) is 4.13. The number of likely N-dealkylation sites (N-methyl/N-ethyl adjacent to an activating group) is 1. The molecule has 0 radical (unpaired) electrons. The molecule has 1 fully saturated rings. The number of hydrogen-bond donors (Lipinski definition) is 1. The fraction of sp³-hybridized carbons (Fsp3) is 0.211.